The quantitative estimate of drug-likeness (QED) is 0.849. The molecule has 1 amide bonds. The van der Waals surface area contributed by atoms with Crippen molar-refractivity contribution in [2.24, 2.45) is 11.7 Å². The number of thiophene rings is 1. The standard InChI is InChI=1S/C19H28N2O2S.ClH/c20-16(14-4-2-1-3-5-14)18(22)21-10-8-19(9-11-21)17-15(6-12-23-19)7-13-24-17;/h7,13-14,16H,1-6,8-12,20H2;1H/t16-;/m0./s1. The first-order chi connectivity index (χ1) is 11.7. The number of nitrogens with two attached hydrogens (primary N) is 1. The van der Waals surface area contributed by atoms with Crippen LogP contribution in [-0.4, -0.2) is 36.5 Å². The SMILES string of the molecule is Cl.N[C@H](C(=O)N1CCC2(CC1)OCCc1ccsc12)C1CCCCC1. The van der Waals surface area contributed by atoms with Crippen molar-refractivity contribution in [3.8, 4) is 0 Å². The Labute approximate surface area is 160 Å². The first-order valence-corrected chi connectivity index (χ1v) is 10.3. The van der Waals surface area contributed by atoms with Gasteiger partial charge in [-0.05, 0) is 55.0 Å². The zero-order chi connectivity index (χ0) is 16.6. The number of ether oxygens (including phenoxy) is 1. The molecule has 2 aliphatic heterocycles. The van der Waals surface area contributed by atoms with Gasteiger partial charge in [0.05, 0.1) is 12.6 Å². The number of amides is 1. The summed E-state index contributed by atoms with van der Waals surface area (Å²) >= 11 is 1.82. The predicted octanol–water partition coefficient (Wildman–Crippen LogP) is 3.47. The van der Waals surface area contributed by atoms with Gasteiger partial charge in [0.1, 0.15) is 5.60 Å². The molecule has 1 saturated carbocycles. The molecule has 2 fully saturated rings. The Bertz CT molecular complexity index is 592. The molecule has 1 atom stereocenters. The molecule has 140 valence electrons. The molecule has 3 aliphatic rings. The van der Waals surface area contributed by atoms with E-state index in [0.29, 0.717) is 5.92 Å². The van der Waals surface area contributed by atoms with E-state index >= 15 is 0 Å². The fourth-order valence-corrected chi connectivity index (χ4v) is 5.89. The number of hydrogen-bond donors (Lipinski definition) is 1. The van der Waals surface area contributed by atoms with Gasteiger partial charge in [0.2, 0.25) is 5.91 Å². The average molecular weight is 385 g/mol. The van der Waals surface area contributed by atoms with Crippen molar-refractivity contribution in [1.29, 1.82) is 0 Å². The summed E-state index contributed by atoms with van der Waals surface area (Å²) in [5.41, 5.74) is 7.64. The highest BCUT2D eigenvalue weighted by Crippen LogP contribution is 2.44. The number of halogens is 1. The summed E-state index contributed by atoms with van der Waals surface area (Å²) in [6.45, 7) is 2.35. The number of carbonyl (C=O) groups is 1. The molecule has 1 aromatic heterocycles. The van der Waals surface area contributed by atoms with Crippen LogP contribution in [0.25, 0.3) is 0 Å². The van der Waals surface area contributed by atoms with Crippen LogP contribution in [0, 0.1) is 5.92 Å². The first kappa shape index (κ1) is 19.2. The smallest absolute Gasteiger partial charge is 0.239 e. The molecule has 0 unspecified atom stereocenters. The third-order valence-electron chi connectivity index (χ3n) is 6.24. The maximum atomic E-state index is 12.8. The van der Waals surface area contributed by atoms with Crippen molar-refractivity contribution < 1.29 is 9.53 Å². The van der Waals surface area contributed by atoms with Crippen LogP contribution >= 0.6 is 23.7 Å². The summed E-state index contributed by atoms with van der Waals surface area (Å²) in [6, 6.07) is 1.93. The molecular formula is C19H29ClN2O2S. The third-order valence-corrected chi connectivity index (χ3v) is 7.38. The molecule has 1 saturated heterocycles. The number of nitrogens with zero attached hydrogens (tertiary/aromatic N) is 1. The molecule has 1 aliphatic carbocycles. The first-order valence-electron chi connectivity index (χ1n) is 9.45. The fraction of sp³-hybridized carbons (Fsp3) is 0.737. The summed E-state index contributed by atoms with van der Waals surface area (Å²) in [7, 11) is 0. The Morgan fingerprint density at radius 2 is 2.00 bits per heavy atom. The molecular weight excluding hydrogens is 356 g/mol. The van der Waals surface area contributed by atoms with Gasteiger partial charge >= 0.3 is 0 Å². The number of hydrogen-bond acceptors (Lipinski definition) is 4. The van der Waals surface area contributed by atoms with Gasteiger partial charge in [-0.3, -0.25) is 4.79 Å². The monoisotopic (exact) mass is 384 g/mol. The van der Waals surface area contributed by atoms with Gasteiger partial charge in [0, 0.05) is 18.0 Å². The van der Waals surface area contributed by atoms with Crippen molar-refractivity contribution in [2.75, 3.05) is 19.7 Å². The highest BCUT2D eigenvalue weighted by molar-refractivity contribution is 7.10. The van der Waals surface area contributed by atoms with E-state index in [0.717, 1.165) is 51.8 Å². The van der Waals surface area contributed by atoms with Crippen LogP contribution < -0.4 is 5.73 Å². The number of rotatable bonds is 2. The lowest BCUT2D eigenvalue weighted by atomic mass is 9.82. The summed E-state index contributed by atoms with van der Waals surface area (Å²) in [5, 5.41) is 2.18. The lowest BCUT2D eigenvalue weighted by Crippen LogP contribution is -2.53. The molecule has 0 radical (unpaired) electrons. The zero-order valence-corrected chi connectivity index (χ0v) is 16.4. The van der Waals surface area contributed by atoms with E-state index in [4.69, 9.17) is 10.5 Å². The fourth-order valence-electron chi connectivity index (χ4n) is 4.72. The van der Waals surface area contributed by atoms with Crippen LogP contribution in [0.2, 0.25) is 0 Å². The molecule has 6 heteroatoms. The van der Waals surface area contributed by atoms with Crippen molar-refractivity contribution in [1.82, 2.24) is 4.90 Å². The number of likely N-dealkylation sites (tertiary alicyclic amines) is 1. The Balaban J connectivity index is 0.00000182. The van der Waals surface area contributed by atoms with E-state index in [-0.39, 0.29) is 30.0 Å². The van der Waals surface area contributed by atoms with Crippen molar-refractivity contribution >= 4 is 29.7 Å². The van der Waals surface area contributed by atoms with Gasteiger partial charge in [-0.15, -0.1) is 23.7 Å². The summed E-state index contributed by atoms with van der Waals surface area (Å²) in [4.78, 5) is 16.2. The van der Waals surface area contributed by atoms with Crippen LogP contribution in [0.5, 0.6) is 0 Å². The van der Waals surface area contributed by atoms with Crippen LogP contribution in [0.1, 0.15) is 55.4 Å². The zero-order valence-electron chi connectivity index (χ0n) is 14.7. The Morgan fingerprint density at radius 3 is 2.72 bits per heavy atom. The molecule has 3 heterocycles. The molecule has 0 aromatic carbocycles. The second-order valence-electron chi connectivity index (χ2n) is 7.62. The van der Waals surface area contributed by atoms with E-state index in [1.807, 2.05) is 16.2 Å². The molecule has 25 heavy (non-hydrogen) atoms. The second-order valence-corrected chi connectivity index (χ2v) is 8.53. The summed E-state index contributed by atoms with van der Waals surface area (Å²) in [5.74, 6) is 0.552. The molecule has 1 aromatic rings. The predicted molar refractivity (Wildman–Crippen MR) is 103 cm³/mol. The van der Waals surface area contributed by atoms with Crippen molar-refractivity contribution in [2.45, 2.75) is 63.0 Å². The highest BCUT2D eigenvalue weighted by Gasteiger charge is 2.43. The van der Waals surface area contributed by atoms with Crippen LogP contribution in [0.15, 0.2) is 11.4 Å². The summed E-state index contributed by atoms with van der Waals surface area (Å²) in [6.07, 6.45) is 8.82. The minimum Gasteiger partial charge on any atom is -0.369 e. The highest BCUT2D eigenvalue weighted by atomic mass is 35.5. The van der Waals surface area contributed by atoms with Gasteiger partial charge in [-0.25, -0.2) is 0 Å². The Hall–Kier alpha value is -0.620. The Morgan fingerprint density at radius 1 is 1.28 bits per heavy atom. The molecule has 4 rings (SSSR count). The van der Waals surface area contributed by atoms with Crippen LogP contribution in [-0.2, 0) is 21.6 Å². The van der Waals surface area contributed by atoms with Gasteiger partial charge in [-0.1, -0.05) is 19.3 Å². The number of fused-ring (bicyclic) bond motifs is 2. The van der Waals surface area contributed by atoms with Gasteiger partial charge in [0.25, 0.3) is 0 Å². The summed E-state index contributed by atoms with van der Waals surface area (Å²) < 4.78 is 6.24. The third kappa shape index (κ3) is 3.61. The van der Waals surface area contributed by atoms with Gasteiger partial charge in [0.15, 0.2) is 0 Å². The van der Waals surface area contributed by atoms with Crippen LogP contribution in [0.3, 0.4) is 0 Å². The Kier molecular flexibility index (Phi) is 6.09. The normalized spacial score (nSPS) is 24.4. The lowest BCUT2D eigenvalue weighted by Gasteiger charge is -2.44. The van der Waals surface area contributed by atoms with Crippen molar-refractivity contribution in [3.63, 3.8) is 0 Å². The number of carbonyl (C=O) groups excluding carboxylic acids is 1. The maximum Gasteiger partial charge on any atom is 0.239 e. The minimum atomic E-state index is -0.302. The topological polar surface area (TPSA) is 55.6 Å². The van der Waals surface area contributed by atoms with E-state index < -0.39 is 0 Å². The molecule has 4 nitrogen and oxygen atoms in total. The number of piperidine rings is 1. The van der Waals surface area contributed by atoms with Crippen LogP contribution in [0.4, 0.5) is 0 Å². The average Bonchev–Trinajstić information content (AvgIpc) is 3.12. The maximum absolute atomic E-state index is 12.8. The van der Waals surface area contributed by atoms with Gasteiger partial charge < -0.3 is 15.4 Å². The largest absolute Gasteiger partial charge is 0.369 e. The molecule has 2 N–H and O–H groups in total. The molecule has 1 spiro atoms. The van der Waals surface area contributed by atoms with E-state index in [2.05, 4.69) is 11.4 Å². The lowest BCUT2D eigenvalue weighted by molar-refractivity contribution is -0.143. The van der Waals surface area contributed by atoms with E-state index in [9.17, 15) is 4.79 Å². The second kappa shape index (κ2) is 7.95. The van der Waals surface area contributed by atoms with E-state index in [1.54, 1.807) is 0 Å². The van der Waals surface area contributed by atoms with E-state index in [1.165, 1.54) is 29.7 Å². The van der Waals surface area contributed by atoms with Gasteiger partial charge in [-0.2, -0.15) is 0 Å². The molecule has 0 bridgehead atoms. The minimum absolute atomic E-state index is 0. The van der Waals surface area contributed by atoms with Crippen molar-refractivity contribution in [3.05, 3.63) is 21.9 Å².